The summed E-state index contributed by atoms with van der Waals surface area (Å²) in [6, 6.07) is 8.53. The number of benzene rings is 2. The number of hydrogen-bond donors (Lipinski definition) is 0. The van der Waals surface area contributed by atoms with E-state index in [1.165, 1.54) is 29.2 Å². The van der Waals surface area contributed by atoms with Crippen molar-refractivity contribution in [3.63, 3.8) is 0 Å². The predicted molar refractivity (Wildman–Crippen MR) is 125 cm³/mol. The van der Waals surface area contributed by atoms with Crippen molar-refractivity contribution in [1.82, 2.24) is 14.7 Å². The monoisotopic (exact) mass is 489 g/mol. The zero-order valence-electron chi connectivity index (χ0n) is 19.8. The van der Waals surface area contributed by atoms with Crippen molar-refractivity contribution in [2.45, 2.75) is 19.3 Å². The van der Waals surface area contributed by atoms with E-state index in [4.69, 9.17) is 4.74 Å². The quantitative estimate of drug-likeness (QED) is 0.623. The highest BCUT2D eigenvalue weighted by atomic mass is 19.1. The number of piperazine rings is 1. The van der Waals surface area contributed by atoms with Crippen molar-refractivity contribution in [3.8, 4) is 5.75 Å². The molecule has 2 heterocycles. The molecule has 0 aromatic heterocycles. The third kappa shape index (κ3) is 6.14. The average Bonchev–Trinajstić information content (AvgIpc) is 2.84. The largest absolute Gasteiger partial charge is 0.493 e. The lowest BCUT2D eigenvalue weighted by Gasteiger charge is -2.43. The van der Waals surface area contributed by atoms with Crippen LogP contribution in [0.3, 0.4) is 0 Å². The van der Waals surface area contributed by atoms with Crippen molar-refractivity contribution < 1.29 is 27.5 Å². The second-order valence-electron chi connectivity index (χ2n) is 9.56. The highest BCUT2D eigenvalue weighted by Crippen LogP contribution is 2.36. The van der Waals surface area contributed by atoms with E-state index in [9.17, 15) is 22.8 Å². The molecule has 2 saturated heterocycles. The molecule has 0 radical (unpaired) electrons. The summed E-state index contributed by atoms with van der Waals surface area (Å²) in [5, 5.41) is 0. The summed E-state index contributed by atoms with van der Waals surface area (Å²) in [6.45, 7) is 3.59. The van der Waals surface area contributed by atoms with Gasteiger partial charge in [0.15, 0.2) is 0 Å². The zero-order chi connectivity index (χ0) is 25.0. The molecule has 2 aliphatic heterocycles. The van der Waals surface area contributed by atoms with Gasteiger partial charge in [0.2, 0.25) is 5.91 Å². The molecule has 2 aromatic carbocycles. The molecule has 35 heavy (non-hydrogen) atoms. The molecular formula is C26H30F3N3O3. The topological polar surface area (TPSA) is 53.1 Å². The van der Waals surface area contributed by atoms with Gasteiger partial charge < -0.3 is 19.4 Å². The first-order chi connectivity index (χ1) is 16.7. The van der Waals surface area contributed by atoms with Crippen molar-refractivity contribution in [1.29, 1.82) is 0 Å². The van der Waals surface area contributed by atoms with Crippen LogP contribution in [0, 0.1) is 22.9 Å². The maximum absolute atomic E-state index is 14.3. The van der Waals surface area contributed by atoms with Crippen LogP contribution in [0.15, 0.2) is 42.5 Å². The van der Waals surface area contributed by atoms with Gasteiger partial charge in [-0.15, -0.1) is 0 Å². The first-order valence-electron chi connectivity index (χ1n) is 11.8. The predicted octanol–water partition coefficient (Wildman–Crippen LogP) is 3.57. The number of carbonyl (C=O) groups excluding carboxylic acids is 2. The second-order valence-corrected chi connectivity index (χ2v) is 9.56. The first-order valence-corrected chi connectivity index (χ1v) is 11.8. The van der Waals surface area contributed by atoms with E-state index >= 15 is 0 Å². The molecule has 9 heteroatoms. The molecule has 0 N–H and O–H groups in total. The normalized spacial score (nSPS) is 21.1. The smallest absolute Gasteiger partial charge is 0.256 e. The van der Waals surface area contributed by atoms with E-state index in [0.29, 0.717) is 44.3 Å². The van der Waals surface area contributed by atoms with Gasteiger partial charge in [0.1, 0.15) is 23.2 Å². The Morgan fingerprint density at radius 1 is 0.914 bits per heavy atom. The van der Waals surface area contributed by atoms with E-state index in [-0.39, 0.29) is 36.9 Å². The van der Waals surface area contributed by atoms with Crippen molar-refractivity contribution in [3.05, 3.63) is 65.5 Å². The van der Waals surface area contributed by atoms with E-state index in [2.05, 4.69) is 4.90 Å². The number of ether oxygens (including phenoxy) is 1. The minimum absolute atomic E-state index is 0.0110. The molecule has 0 unspecified atom stereocenters. The number of likely N-dealkylation sites (tertiary alicyclic amines) is 1. The number of nitrogens with zero attached hydrogens (tertiary/aromatic N) is 3. The Kier molecular flexibility index (Phi) is 7.64. The number of rotatable bonds is 6. The Bertz CT molecular complexity index is 1060. The minimum Gasteiger partial charge on any atom is -0.493 e. The molecule has 6 nitrogen and oxygen atoms in total. The van der Waals surface area contributed by atoms with Crippen LogP contribution in [0.5, 0.6) is 5.75 Å². The number of carbonyl (C=O) groups is 2. The zero-order valence-corrected chi connectivity index (χ0v) is 19.8. The van der Waals surface area contributed by atoms with Gasteiger partial charge in [-0.05, 0) is 56.3 Å². The Morgan fingerprint density at radius 2 is 1.60 bits per heavy atom. The molecule has 0 saturated carbocycles. The lowest BCUT2D eigenvalue weighted by atomic mass is 9.77. The fourth-order valence-corrected chi connectivity index (χ4v) is 4.78. The van der Waals surface area contributed by atoms with Crippen LogP contribution in [0.25, 0.3) is 0 Å². The molecule has 2 amide bonds. The highest BCUT2D eigenvalue weighted by Gasteiger charge is 2.41. The number of halogens is 3. The van der Waals surface area contributed by atoms with Crippen molar-refractivity contribution in [2.75, 3.05) is 52.9 Å². The first kappa shape index (κ1) is 25.0. The Balaban J connectivity index is 1.54. The summed E-state index contributed by atoms with van der Waals surface area (Å²) in [4.78, 5) is 31.9. The molecule has 1 atom stereocenters. The fourth-order valence-electron chi connectivity index (χ4n) is 4.78. The van der Waals surface area contributed by atoms with E-state index in [1.807, 2.05) is 11.9 Å². The van der Waals surface area contributed by atoms with Gasteiger partial charge in [0.05, 0.1) is 12.2 Å². The van der Waals surface area contributed by atoms with Gasteiger partial charge in [-0.25, -0.2) is 13.2 Å². The van der Waals surface area contributed by atoms with Crippen LogP contribution in [0.2, 0.25) is 0 Å². The van der Waals surface area contributed by atoms with Gasteiger partial charge in [-0.1, -0.05) is 0 Å². The third-order valence-electron chi connectivity index (χ3n) is 6.85. The summed E-state index contributed by atoms with van der Waals surface area (Å²) < 4.78 is 47.0. The summed E-state index contributed by atoms with van der Waals surface area (Å²) in [5.41, 5.74) is -0.897. The lowest BCUT2D eigenvalue weighted by molar-refractivity contribution is -0.137. The third-order valence-corrected chi connectivity index (χ3v) is 6.85. The van der Waals surface area contributed by atoms with Gasteiger partial charge in [-0.3, -0.25) is 9.59 Å². The van der Waals surface area contributed by atoms with Crippen molar-refractivity contribution >= 4 is 11.8 Å². The van der Waals surface area contributed by atoms with Gasteiger partial charge in [0.25, 0.3) is 5.91 Å². The SMILES string of the molecule is CN1CCN(C(=O)C[C@@]2(COc3ccc(F)cc3)CCCN(C(=O)c3ccc(F)cc3F)C2)CC1. The van der Waals surface area contributed by atoms with E-state index < -0.39 is 23.0 Å². The van der Waals surface area contributed by atoms with Crippen LogP contribution < -0.4 is 4.74 Å². The number of likely N-dealkylation sites (N-methyl/N-ethyl adjacent to an activating group) is 1. The summed E-state index contributed by atoms with van der Waals surface area (Å²) in [7, 11) is 2.01. The summed E-state index contributed by atoms with van der Waals surface area (Å²) in [6.07, 6.45) is 1.42. The maximum Gasteiger partial charge on any atom is 0.256 e. The van der Waals surface area contributed by atoms with Crippen molar-refractivity contribution in [2.24, 2.45) is 5.41 Å². The van der Waals surface area contributed by atoms with Gasteiger partial charge in [0, 0.05) is 57.2 Å². The molecular weight excluding hydrogens is 459 g/mol. The van der Waals surface area contributed by atoms with Crippen LogP contribution in [-0.4, -0.2) is 79.4 Å². The van der Waals surface area contributed by atoms with Crippen LogP contribution in [0.1, 0.15) is 29.6 Å². The molecule has 2 aromatic rings. The Hall–Kier alpha value is -3.07. The molecule has 0 bridgehead atoms. The Labute approximate surface area is 203 Å². The van der Waals surface area contributed by atoms with E-state index in [1.54, 1.807) is 0 Å². The molecule has 188 valence electrons. The van der Waals surface area contributed by atoms with Gasteiger partial charge >= 0.3 is 0 Å². The number of amides is 2. The number of hydrogen-bond acceptors (Lipinski definition) is 4. The number of piperidine rings is 1. The van der Waals surface area contributed by atoms with Crippen LogP contribution in [-0.2, 0) is 4.79 Å². The van der Waals surface area contributed by atoms with Gasteiger partial charge in [-0.2, -0.15) is 0 Å². The van der Waals surface area contributed by atoms with E-state index in [0.717, 1.165) is 25.2 Å². The Morgan fingerprint density at radius 3 is 2.29 bits per heavy atom. The highest BCUT2D eigenvalue weighted by molar-refractivity contribution is 5.94. The summed E-state index contributed by atoms with van der Waals surface area (Å²) in [5.74, 6) is -2.14. The summed E-state index contributed by atoms with van der Waals surface area (Å²) >= 11 is 0. The maximum atomic E-state index is 14.3. The molecule has 4 rings (SSSR count). The average molecular weight is 490 g/mol. The minimum atomic E-state index is -0.915. The second kappa shape index (κ2) is 10.7. The lowest BCUT2D eigenvalue weighted by Crippen LogP contribution is -2.53. The molecule has 2 fully saturated rings. The van der Waals surface area contributed by atoms with Crippen LogP contribution in [0.4, 0.5) is 13.2 Å². The molecule has 0 spiro atoms. The molecule has 2 aliphatic rings. The fraction of sp³-hybridized carbons (Fsp3) is 0.462. The van der Waals surface area contributed by atoms with Crippen LogP contribution >= 0.6 is 0 Å². The standard InChI is InChI=1S/C26H30F3N3O3/c1-30-11-13-31(14-12-30)24(33)16-26(18-35-21-6-3-19(27)4-7-21)9-2-10-32(17-26)25(34)22-8-5-20(28)15-23(22)29/h3-8,15H,2,9-14,16-18H2,1H3/t26-/m0/s1. The molecule has 0 aliphatic carbocycles.